The third-order valence-corrected chi connectivity index (χ3v) is 4.17. The van der Waals surface area contributed by atoms with Gasteiger partial charge in [-0.2, -0.15) is 5.26 Å². The second-order valence-electron chi connectivity index (χ2n) is 6.36. The fourth-order valence-corrected chi connectivity index (χ4v) is 2.80. The number of carbonyl (C=O) groups is 1. The van der Waals surface area contributed by atoms with E-state index in [1.165, 1.54) is 0 Å². The molecule has 2 N–H and O–H groups in total. The molecule has 0 saturated heterocycles. The van der Waals surface area contributed by atoms with Gasteiger partial charge in [-0.3, -0.25) is 4.79 Å². The number of carbonyl (C=O) groups excluding carboxylic acids is 1. The summed E-state index contributed by atoms with van der Waals surface area (Å²) >= 11 is 0. The van der Waals surface area contributed by atoms with E-state index in [9.17, 15) is 4.79 Å². The van der Waals surface area contributed by atoms with Crippen molar-refractivity contribution in [2.75, 3.05) is 19.0 Å². The Kier molecular flexibility index (Phi) is 6.38. The predicted molar refractivity (Wildman–Crippen MR) is 110 cm³/mol. The minimum Gasteiger partial charge on any atom is -0.497 e. The van der Waals surface area contributed by atoms with Gasteiger partial charge < -0.3 is 15.4 Å². The van der Waals surface area contributed by atoms with Crippen molar-refractivity contribution < 1.29 is 9.53 Å². The zero-order chi connectivity index (χ0) is 20.6. The SMILES string of the molecule is COc1cccc(CCNC(=O)c2cc(Nc3cccc(C#N)c3)nc(C)n2)c1. The highest BCUT2D eigenvalue weighted by Crippen LogP contribution is 2.17. The van der Waals surface area contributed by atoms with Gasteiger partial charge in [-0.1, -0.05) is 18.2 Å². The molecule has 3 rings (SSSR count). The average molecular weight is 387 g/mol. The van der Waals surface area contributed by atoms with E-state index in [0.29, 0.717) is 35.9 Å². The number of rotatable bonds is 7. The second kappa shape index (κ2) is 9.33. The molecule has 0 saturated carbocycles. The Morgan fingerprint density at radius 1 is 1.14 bits per heavy atom. The molecule has 0 aliphatic heterocycles. The van der Waals surface area contributed by atoms with Gasteiger partial charge in [0, 0.05) is 18.3 Å². The topological polar surface area (TPSA) is 99.9 Å². The van der Waals surface area contributed by atoms with Gasteiger partial charge in [-0.05, 0) is 49.2 Å². The summed E-state index contributed by atoms with van der Waals surface area (Å²) < 4.78 is 5.21. The maximum absolute atomic E-state index is 12.5. The Morgan fingerprint density at radius 3 is 2.76 bits per heavy atom. The maximum Gasteiger partial charge on any atom is 0.270 e. The van der Waals surface area contributed by atoms with E-state index in [2.05, 4.69) is 26.7 Å². The molecular weight excluding hydrogens is 366 g/mol. The molecule has 0 unspecified atom stereocenters. The number of nitrogens with one attached hydrogen (secondary N) is 2. The lowest BCUT2D eigenvalue weighted by Crippen LogP contribution is -2.27. The number of aryl methyl sites for hydroxylation is 1. The third kappa shape index (κ3) is 5.53. The number of hydrogen-bond acceptors (Lipinski definition) is 6. The highest BCUT2D eigenvalue weighted by Gasteiger charge is 2.11. The van der Waals surface area contributed by atoms with Crippen LogP contribution in [0.25, 0.3) is 0 Å². The summed E-state index contributed by atoms with van der Waals surface area (Å²) in [6.45, 7) is 2.20. The minimum absolute atomic E-state index is 0.271. The number of methoxy groups -OCH3 is 1. The lowest BCUT2D eigenvalue weighted by atomic mass is 10.1. The molecule has 1 amide bonds. The van der Waals surface area contributed by atoms with E-state index in [-0.39, 0.29) is 11.6 Å². The van der Waals surface area contributed by atoms with Gasteiger partial charge in [-0.15, -0.1) is 0 Å². The van der Waals surface area contributed by atoms with Crippen molar-refractivity contribution in [1.29, 1.82) is 5.26 Å². The van der Waals surface area contributed by atoms with Gasteiger partial charge in [0.25, 0.3) is 5.91 Å². The van der Waals surface area contributed by atoms with Crippen LogP contribution in [0.3, 0.4) is 0 Å². The molecule has 29 heavy (non-hydrogen) atoms. The van der Waals surface area contributed by atoms with Crippen LogP contribution in [-0.4, -0.2) is 29.5 Å². The number of hydrogen-bond donors (Lipinski definition) is 2. The first-order valence-corrected chi connectivity index (χ1v) is 9.11. The first-order chi connectivity index (χ1) is 14.1. The summed E-state index contributed by atoms with van der Waals surface area (Å²) in [7, 11) is 1.63. The largest absolute Gasteiger partial charge is 0.497 e. The standard InChI is InChI=1S/C22H21N5O2/c1-15-25-20(13-21(26-15)27-18-7-3-6-17(11-18)14-23)22(28)24-10-9-16-5-4-8-19(12-16)29-2/h3-8,11-13H,9-10H2,1-2H3,(H,24,28)(H,25,26,27). The van der Waals surface area contributed by atoms with Crippen molar-refractivity contribution in [3.63, 3.8) is 0 Å². The molecule has 146 valence electrons. The molecule has 0 fully saturated rings. The summed E-state index contributed by atoms with van der Waals surface area (Å²) in [4.78, 5) is 21.1. The third-order valence-electron chi connectivity index (χ3n) is 4.17. The van der Waals surface area contributed by atoms with Crippen LogP contribution < -0.4 is 15.4 Å². The first kappa shape index (κ1) is 19.8. The highest BCUT2D eigenvalue weighted by molar-refractivity contribution is 5.93. The zero-order valence-electron chi connectivity index (χ0n) is 16.3. The number of amides is 1. The van der Waals surface area contributed by atoms with Gasteiger partial charge in [0.2, 0.25) is 0 Å². The maximum atomic E-state index is 12.5. The molecule has 1 heterocycles. The fraction of sp³-hybridized carbons (Fsp3) is 0.182. The Labute approximate surface area is 169 Å². The van der Waals surface area contributed by atoms with Crippen LogP contribution in [0.4, 0.5) is 11.5 Å². The van der Waals surface area contributed by atoms with Crippen LogP contribution in [0.2, 0.25) is 0 Å². The Balaban J connectivity index is 1.65. The van der Waals surface area contributed by atoms with Crippen molar-refractivity contribution >= 4 is 17.4 Å². The summed E-state index contributed by atoms with van der Waals surface area (Å²) in [5.41, 5.74) is 2.60. The molecule has 0 radical (unpaired) electrons. The van der Waals surface area contributed by atoms with E-state index >= 15 is 0 Å². The smallest absolute Gasteiger partial charge is 0.270 e. The monoisotopic (exact) mass is 387 g/mol. The van der Waals surface area contributed by atoms with Crippen LogP contribution in [0, 0.1) is 18.3 Å². The van der Waals surface area contributed by atoms with Crippen molar-refractivity contribution in [3.05, 3.63) is 77.2 Å². The molecular formula is C22H21N5O2. The van der Waals surface area contributed by atoms with Crippen molar-refractivity contribution in [2.45, 2.75) is 13.3 Å². The van der Waals surface area contributed by atoms with Crippen LogP contribution >= 0.6 is 0 Å². The van der Waals surface area contributed by atoms with Crippen LogP contribution in [0.5, 0.6) is 5.75 Å². The van der Waals surface area contributed by atoms with Gasteiger partial charge in [0.15, 0.2) is 0 Å². The lowest BCUT2D eigenvalue weighted by Gasteiger charge is -2.10. The molecule has 0 bridgehead atoms. The Morgan fingerprint density at radius 2 is 1.97 bits per heavy atom. The van der Waals surface area contributed by atoms with E-state index in [4.69, 9.17) is 10.00 Å². The molecule has 7 nitrogen and oxygen atoms in total. The normalized spacial score (nSPS) is 10.1. The van der Waals surface area contributed by atoms with E-state index in [1.54, 1.807) is 38.3 Å². The quantitative estimate of drug-likeness (QED) is 0.645. The number of ether oxygens (including phenoxy) is 1. The number of nitriles is 1. The zero-order valence-corrected chi connectivity index (χ0v) is 16.3. The molecule has 0 aliphatic rings. The van der Waals surface area contributed by atoms with E-state index in [1.807, 2.05) is 30.3 Å². The van der Waals surface area contributed by atoms with Crippen molar-refractivity contribution in [3.8, 4) is 11.8 Å². The molecule has 0 atom stereocenters. The van der Waals surface area contributed by atoms with E-state index < -0.39 is 0 Å². The molecule has 0 aliphatic carbocycles. The lowest BCUT2D eigenvalue weighted by molar-refractivity contribution is 0.0949. The number of nitrogens with zero attached hydrogens (tertiary/aromatic N) is 3. The molecule has 7 heteroatoms. The summed E-state index contributed by atoms with van der Waals surface area (Å²) in [6, 6.07) is 18.5. The van der Waals surface area contributed by atoms with Crippen LogP contribution in [0.15, 0.2) is 54.6 Å². The second-order valence-corrected chi connectivity index (χ2v) is 6.36. The van der Waals surface area contributed by atoms with Gasteiger partial charge in [0.05, 0.1) is 18.7 Å². The Bertz CT molecular complexity index is 1060. The number of anilines is 2. The van der Waals surface area contributed by atoms with Gasteiger partial charge in [-0.25, -0.2) is 9.97 Å². The van der Waals surface area contributed by atoms with Gasteiger partial charge >= 0.3 is 0 Å². The first-order valence-electron chi connectivity index (χ1n) is 9.11. The summed E-state index contributed by atoms with van der Waals surface area (Å²) in [6.07, 6.45) is 0.680. The summed E-state index contributed by atoms with van der Waals surface area (Å²) in [5, 5.41) is 15.0. The predicted octanol–water partition coefficient (Wildman–Crippen LogP) is 3.38. The molecule has 2 aromatic carbocycles. The minimum atomic E-state index is -0.271. The van der Waals surface area contributed by atoms with Crippen molar-refractivity contribution in [2.24, 2.45) is 0 Å². The van der Waals surface area contributed by atoms with Crippen LogP contribution in [0.1, 0.15) is 27.4 Å². The van der Waals surface area contributed by atoms with Gasteiger partial charge in [0.1, 0.15) is 23.1 Å². The Hall–Kier alpha value is -3.92. The highest BCUT2D eigenvalue weighted by atomic mass is 16.5. The average Bonchev–Trinajstić information content (AvgIpc) is 2.73. The molecule has 3 aromatic rings. The number of aromatic nitrogens is 2. The van der Waals surface area contributed by atoms with Crippen molar-refractivity contribution in [1.82, 2.24) is 15.3 Å². The number of benzene rings is 2. The summed E-state index contributed by atoms with van der Waals surface area (Å²) in [5.74, 6) is 1.48. The van der Waals surface area contributed by atoms with Crippen LogP contribution in [-0.2, 0) is 6.42 Å². The molecule has 1 aromatic heterocycles. The fourth-order valence-electron chi connectivity index (χ4n) is 2.80. The molecule has 0 spiro atoms. The van der Waals surface area contributed by atoms with E-state index in [0.717, 1.165) is 11.3 Å².